The van der Waals surface area contributed by atoms with Crippen molar-refractivity contribution < 1.29 is 18.7 Å². The molecule has 2 rings (SSSR count). The summed E-state index contributed by atoms with van der Waals surface area (Å²) in [6.45, 7) is 1.20. The molecule has 0 bridgehead atoms. The van der Waals surface area contributed by atoms with Gasteiger partial charge in [0.15, 0.2) is 12.4 Å². The Morgan fingerprint density at radius 2 is 1.76 bits per heavy atom. The first kappa shape index (κ1) is 14.7. The van der Waals surface area contributed by atoms with Crippen LogP contribution in [0.15, 0.2) is 48.5 Å². The summed E-state index contributed by atoms with van der Waals surface area (Å²) in [7, 11) is 0. The van der Waals surface area contributed by atoms with Gasteiger partial charge in [0.2, 0.25) is 5.91 Å². The van der Waals surface area contributed by atoms with Gasteiger partial charge in [0, 0.05) is 12.5 Å². The summed E-state index contributed by atoms with van der Waals surface area (Å²) in [6, 6.07) is 12.1. The molecule has 4 nitrogen and oxygen atoms in total. The number of hydrogen-bond acceptors (Lipinski definition) is 3. The molecular weight excluding hydrogens is 273 g/mol. The van der Waals surface area contributed by atoms with Crippen molar-refractivity contribution in [1.29, 1.82) is 0 Å². The molecule has 0 spiro atoms. The van der Waals surface area contributed by atoms with Crippen LogP contribution in [-0.4, -0.2) is 18.3 Å². The second kappa shape index (κ2) is 6.65. The lowest BCUT2D eigenvalue weighted by Crippen LogP contribution is -2.13. The van der Waals surface area contributed by atoms with Gasteiger partial charge in [0.05, 0.1) is 5.69 Å². The van der Waals surface area contributed by atoms with Gasteiger partial charge in [0.25, 0.3) is 0 Å². The highest BCUT2D eigenvalue weighted by Crippen LogP contribution is 2.23. The van der Waals surface area contributed by atoms with Crippen LogP contribution in [0.5, 0.6) is 5.75 Å². The lowest BCUT2D eigenvalue weighted by molar-refractivity contribution is -0.114. The zero-order chi connectivity index (χ0) is 15.2. The van der Waals surface area contributed by atoms with E-state index in [2.05, 4.69) is 5.32 Å². The lowest BCUT2D eigenvalue weighted by Gasteiger charge is -2.11. The third kappa shape index (κ3) is 4.14. The number of para-hydroxylation sites is 2. The molecule has 1 amide bonds. The van der Waals surface area contributed by atoms with Gasteiger partial charge in [-0.1, -0.05) is 12.1 Å². The normalized spacial score (nSPS) is 10.0. The summed E-state index contributed by atoms with van der Waals surface area (Å²) < 4.78 is 18.2. The third-order valence-corrected chi connectivity index (χ3v) is 2.72. The second-order valence-electron chi connectivity index (χ2n) is 4.40. The Morgan fingerprint density at radius 1 is 1.10 bits per heavy atom. The number of nitrogens with one attached hydrogen (secondary N) is 1. The monoisotopic (exact) mass is 287 g/mol. The van der Waals surface area contributed by atoms with Gasteiger partial charge < -0.3 is 10.1 Å². The Labute approximate surface area is 121 Å². The van der Waals surface area contributed by atoms with Gasteiger partial charge in [-0.3, -0.25) is 9.59 Å². The summed E-state index contributed by atoms with van der Waals surface area (Å²) in [5.41, 5.74) is 0.866. The summed E-state index contributed by atoms with van der Waals surface area (Å²) in [6.07, 6.45) is 0. The topological polar surface area (TPSA) is 55.4 Å². The van der Waals surface area contributed by atoms with Gasteiger partial charge in [-0.15, -0.1) is 0 Å². The highest BCUT2D eigenvalue weighted by Gasteiger charge is 2.09. The fourth-order valence-electron chi connectivity index (χ4n) is 1.75. The number of rotatable bonds is 5. The zero-order valence-electron chi connectivity index (χ0n) is 11.4. The first-order chi connectivity index (χ1) is 10.1. The predicted molar refractivity (Wildman–Crippen MR) is 77.0 cm³/mol. The first-order valence-corrected chi connectivity index (χ1v) is 6.34. The van der Waals surface area contributed by atoms with E-state index in [0.29, 0.717) is 17.0 Å². The lowest BCUT2D eigenvalue weighted by atomic mass is 10.1. The quantitative estimate of drug-likeness (QED) is 0.860. The van der Waals surface area contributed by atoms with Crippen LogP contribution in [0.4, 0.5) is 10.1 Å². The Kier molecular flexibility index (Phi) is 4.66. The van der Waals surface area contributed by atoms with Crippen LogP contribution >= 0.6 is 0 Å². The molecule has 0 saturated carbocycles. The van der Waals surface area contributed by atoms with Crippen molar-refractivity contribution >= 4 is 17.4 Å². The van der Waals surface area contributed by atoms with E-state index in [1.165, 1.54) is 31.2 Å². The second-order valence-corrected chi connectivity index (χ2v) is 4.40. The fraction of sp³-hybridized carbons (Fsp3) is 0.125. The summed E-state index contributed by atoms with van der Waals surface area (Å²) in [5.74, 6) is -0.491. The molecule has 0 aliphatic rings. The maximum absolute atomic E-state index is 12.8. The van der Waals surface area contributed by atoms with E-state index < -0.39 is 5.82 Å². The van der Waals surface area contributed by atoms with E-state index in [1.54, 1.807) is 24.3 Å². The van der Waals surface area contributed by atoms with E-state index in [4.69, 9.17) is 4.74 Å². The van der Waals surface area contributed by atoms with Crippen LogP contribution in [-0.2, 0) is 4.79 Å². The minimum absolute atomic E-state index is 0.192. The number of anilines is 1. The van der Waals surface area contributed by atoms with Crippen molar-refractivity contribution in [2.45, 2.75) is 6.92 Å². The van der Waals surface area contributed by atoms with Crippen LogP contribution in [0.3, 0.4) is 0 Å². The number of hydrogen-bond donors (Lipinski definition) is 1. The van der Waals surface area contributed by atoms with Crippen LogP contribution in [0, 0.1) is 5.82 Å². The Balaban J connectivity index is 2.04. The van der Waals surface area contributed by atoms with Crippen molar-refractivity contribution in [3.8, 4) is 5.75 Å². The van der Waals surface area contributed by atoms with E-state index in [0.717, 1.165) is 0 Å². The molecule has 5 heteroatoms. The number of benzene rings is 2. The van der Waals surface area contributed by atoms with E-state index in [9.17, 15) is 14.0 Å². The smallest absolute Gasteiger partial charge is 0.221 e. The minimum atomic E-state index is -0.400. The third-order valence-electron chi connectivity index (χ3n) is 2.72. The molecule has 0 heterocycles. The van der Waals surface area contributed by atoms with Crippen LogP contribution in [0.1, 0.15) is 17.3 Å². The first-order valence-electron chi connectivity index (χ1n) is 6.34. The molecule has 0 aliphatic carbocycles. The van der Waals surface area contributed by atoms with Crippen molar-refractivity contribution in [3.05, 3.63) is 59.9 Å². The van der Waals surface area contributed by atoms with Gasteiger partial charge in [-0.25, -0.2) is 4.39 Å². The van der Waals surface area contributed by atoms with Crippen molar-refractivity contribution in [2.24, 2.45) is 0 Å². The summed E-state index contributed by atoms with van der Waals surface area (Å²) in [4.78, 5) is 23.0. The summed E-state index contributed by atoms with van der Waals surface area (Å²) >= 11 is 0. The molecule has 1 N–H and O–H groups in total. The van der Waals surface area contributed by atoms with Gasteiger partial charge >= 0.3 is 0 Å². The Hall–Kier alpha value is -2.69. The minimum Gasteiger partial charge on any atom is -0.483 e. The number of carbonyl (C=O) groups is 2. The number of amides is 1. The molecule has 0 saturated heterocycles. The largest absolute Gasteiger partial charge is 0.483 e. The van der Waals surface area contributed by atoms with E-state index in [-0.39, 0.29) is 18.3 Å². The number of halogens is 1. The predicted octanol–water partition coefficient (Wildman–Crippen LogP) is 3.05. The number of carbonyl (C=O) groups excluding carboxylic acids is 2. The molecule has 0 fully saturated rings. The highest BCUT2D eigenvalue weighted by atomic mass is 19.1. The van der Waals surface area contributed by atoms with Gasteiger partial charge in [-0.2, -0.15) is 0 Å². The van der Waals surface area contributed by atoms with Crippen LogP contribution in [0.2, 0.25) is 0 Å². The number of ether oxygens (including phenoxy) is 1. The van der Waals surface area contributed by atoms with E-state index >= 15 is 0 Å². The summed E-state index contributed by atoms with van der Waals surface area (Å²) in [5, 5.41) is 2.62. The maximum atomic E-state index is 12.8. The van der Waals surface area contributed by atoms with E-state index in [1.807, 2.05) is 0 Å². The molecule has 0 atom stereocenters. The van der Waals surface area contributed by atoms with Crippen molar-refractivity contribution in [3.63, 3.8) is 0 Å². The zero-order valence-corrected chi connectivity index (χ0v) is 11.4. The average molecular weight is 287 g/mol. The average Bonchev–Trinajstić information content (AvgIpc) is 2.46. The number of ketones is 1. The van der Waals surface area contributed by atoms with Gasteiger partial charge in [0.1, 0.15) is 11.6 Å². The molecule has 0 unspecified atom stereocenters. The van der Waals surface area contributed by atoms with Crippen LogP contribution < -0.4 is 10.1 Å². The van der Waals surface area contributed by atoms with Crippen molar-refractivity contribution in [2.75, 3.05) is 11.9 Å². The molecule has 2 aromatic carbocycles. The number of Topliss-reactive ketones (excluding diaryl/α,β-unsaturated/α-hetero) is 1. The van der Waals surface area contributed by atoms with Crippen molar-refractivity contribution in [1.82, 2.24) is 0 Å². The van der Waals surface area contributed by atoms with Gasteiger partial charge in [-0.05, 0) is 36.4 Å². The Morgan fingerprint density at radius 3 is 2.43 bits per heavy atom. The molecule has 0 aliphatic heterocycles. The SMILES string of the molecule is CC(=O)Nc1ccccc1OCC(=O)c1ccc(F)cc1. The molecule has 2 aromatic rings. The standard InChI is InChI=1S/C16H14FNO3/c1-11(19)18-14-4-2-3-5-16(14)21-10-15(20)12-6-8-13(17)9-7-12/h2-9H,10H2,1H3,(H,18,19). The molecule has 108 valence electrons. The maximum Gasteiger partial charge on any atom is 0.221 e. The molecular formula is C16H14FNO3. The van der Waals surface area contributed by atoms with Crippen LogP contribution in [0.25, 0.3) is 0 Å². The Bertz CT molecular complexity index is 653. The molecule has 0 radical (unpaired) electrons. The highest BCUT2D eigenvalue weighted by molar-refractivity contribution is 5.97. The fourth-order valence-corrected chi connectivity index (χ4v) is 1.75. The molecule has 0 aromatic heterocycles. The molecule has 21 heavy (non-hydrogen) atoms.